The van der Waals surface area contributed by atoms with Gasteiger partial charge in [0.15, 0.2) is 5.96 Å². The molecule has 1 saturated heterocycles. The fourth-order valence-corrected chi connectivity index (χ4v) is 2.19. The molecule has 0 saturated carbocycles. The van der Waals surface area contributed by atoms with Crippen LogP contribution < -0.4 is 5.73 Å². The monoisotopic (exact) mass is 249 g/mol. The molecule has 0 aliphatic carbocycles. The number of piperidine rings is 1. The van der Waals surface area contributed by atoms with Gasteiger partial charge in [-0.1, -0.05) is 6.92 Å². The highest BCUT2D eigenvalue weighted by Crippen LogP contribution is 2.15. The summed E-state index contributed by atoms with van der Waals surface area (Å²) < 4.78 is 1.91. The van der Waals surface area contributed by atoms with Gasteiger partial charge in [-0.25, -0.2) is 0 Å². The van der Waals surface area contributed by atoms with Crippen molar-refractivity contribution < 1.29 is 0 Å². The molecule has 0 amide bonds. The molecule has 0 unspecified atom stereocenters. The van der Waals surface area contributed by atoms with Gasteiger partial charge in [0.2, 0.25) is 0 Å². The standard InChI is InChI=1S/C13H23N5/c1-11-3-6-17(7-4-11)13(14)15-5-8-18-10-12(2)9-16-18/h9-11H,3-8H2,1-2H3,(H2,14,15). The third-order valence-corrected chi connectivity index (χ3v) is 3.47. The van der Waals surface area contributed by atoms with Crippen LogP contribution in [0.1, 0.15) is 25.3 Å². The summed E-state index contributed by atoms with van der Waals surface area (Å²) in [6.45, 7) is 7.90. The number of aliphatic imine (C=N–C) groups is 1. The lowest BCUT2D eigenvalue weighted by molar-refractivity contribution is 0.277. The molecule has 18 heavy (non-hydrogen) atoms. The van der Waals surface area contributed by atoms with Gasteiger partial charge in [0.1, 0.15) is 0 Å². The maximum absolute atomic E-state index is 6.01. The van der Waals surface area contributed by atoms with E-state index < -0.39 is 0 Å². The summed E-state index contributed by atoms with van der Waals surface area (Å²) >= 11 is 0. The van der Waals surface area contributed by atoms with Crippen molar-refractivity contribution in [2.45, 2.75) is 33.2 Å². The molecule has 2 N–H and O–H groups in total. The van der Waals surface area contributed by atoms with E-state index in [2.05, 4.69) is 21.9 Å². The van der Waals surface area contributed by atoms with Gasteiger partial charge in [0.05, 0.1) is 19.3 Å². The van der Waals surface area contributed by atoms with Crippen LogP contribution in [-0.2, 0) is 6.54 Å². The number of rotatable bonds is 3. The van der Waals surface area contributed by atoms with Crippen LogP contribution in [0.15, 0.2) is 17.4 Å². The second-order valence-electron chi connectivity index (χ2n) is 5.19. The Morgan fingerprint density at radius 2 is 2.22 bits per heavy atom. The lowest BCUT2D eigenvalue weighted by Crippen LogP contribution is -2.42. The van der Waals surface area contributed by atoms with Crippen LogP contribution in [0.3, 0.4) is 0 Å². The SMILES string of the molecule is Cc1cnn(CCN=C(N)N2CCC(C)CC2)c1. The van der Waals surface area contributed by atoms with Crippen molar-refractivity contribution in [1.82, 2.24) is 14.7 Å². The van der Waals surface area contributed by atoms with Crippen LogP contribution in [0.25, 0.3) is 0 Å². The summed E-state index contributed by atoms with van der Waals surface area (Å²) in [5, 5.41) is 4.23. The van der Waals surface area contributed by atoms with Crippen molar-refractivity contribution in [2.75, 3.05) is 19.6 Å². The summed E-state index contributed by atoms with van der Waals surface area (Å²) in [5.41, 5.74) is 7.19. The lowest BCUT2D eigenvalue weighted by Gasteiger charge is -2.31. The zero-order valence-corrected chi connectivity index (χ0v) is 11.3. The van der Waals surface area contributed by atoms with Gasteiger partial charge in [0, 0.05) is 19.3 Å². The number of hydrogen-bond acceptors (Lipinski definition) is 2. The molecule has 0 atom stereocenters. The van der Waals surface area contributed by atoms with E-state index in [9.17, 15) is 0 Å². The minimum absolute atomic E-state index is 0.686. The lowest BCUT2D eigenvalue weighted by atomic mass is 10.00. The van der Waals surface area contributed by atoms with Crippen molar-refractivity contribution in [3.63, 3.8) is 0 Å². The smallest absolute Gasteiger partial charge is 0.191 e. The molecule has 2 heterocycles. The highest BCUT2D eigenvalue weighted by molar-refractivity contribution is 5.78. The number of nitrogens with two attached hydrogens (primary N) is 1. The Morgan fingerprint density at radius 1 is 1.50 bits per heavy atom. The number of aromatic nitrogens is 2. The Labute approximate surface area is 109 Å². The Bertz CT molecular complexity index is 401. The fraction of sp³-hybridized carbons (Fsp3) is 0.692. The zero-order valence-electron chi connectivity index (χ0n) is 11.3. The van der Waals surface area contributed by atoms with Crippen molar-refractivity contribution in [3.05, 3.63) is 18.0 Å². The first kappa shape index (κ1) is 12.9. The van der Waals surface area contributed by atoms with E-state index >= 15 is 0 Å². The molecular formula is C13H23N5. The van der Waals surface area contributed by atoms with Crippen LogP contribution in [0, 0.1) is 12.8 Å². The van der Waals surface area contributed by atoms with Crippen molar-refractivity contribution in [1.29, 1.82) is 0 Å². The average Bonchev–Trinajstić information content (AvgIpc) is 2.76. The summed E-state index contributed by atoms with van der Waals surface area (Å²) in [5.74, 6) is 1.51. The minimum atomic E-state index is 0.686. The molecule has 100 valence electrons. The van der Waals surface area contributed by atoms with E-state index in [1.165, 1.54) is 18.4 Å². The van der Waals surface area contributed by atoms with Gasteiger partial charge in [-0.2, -0.15) is 5.10 Å². The average molecular weight is 249 g/mol. The highest BCUT2D eigenvalue weighted by atomic mass is 15.3. The van der Waals surface area contributed by atoms with Crippen molar-refractivity contribution >= 4 is 5.96 Å². The quantitative estimate of drug-likeness (QED) is 0.647. The second kappa shape index (κ2) is 5.89. The van der Waals surface area contributed by atoms with Gasteiger partial charge >= 0.3 is 0 Å². The van der Waals surface area contributed by atoms with Crippen LogP contribution in [0.2, 0.25) is 0 Å². The Hall–Kier alpha value is -1.52. The number of hydrogen-bond donors (Lipinski definition) is 1. The first-order chi connectivity index (χ1) is 8.65. The Balaban J connectivity index is 1.78. The Kier molecular flexibility index (Phi) is 4.23. The van der Waals surface area contributed by atoms with Gasteiger partial charge in [-0.05, 0) is 31.2 Å². The summed E-state index contributed by atoms with van der Waals surface area (Å²) in [6, 6.07) is 0. The number of nitrogens with zero attached hydrogens (tertiary/aromatic N) is 4. The van der Waals surface area contributed by atoms with Crippen LogP contribution >= 0.6 is 0 Å². The molecule has 1 aromatic heterocycles. The third kappa shape index (κ3) is 3.48. The number of aryl methyl sites for hydroxylation is 1. The van der Waals surface area contributed by atoms with Crippen LogP contribution in [0.4, 0.5) is 0 Å². The normalized spacial score (nSPS) is 18.3. The van der Waals surface area contributed by atoms with Gasteiger partial charge in [0.25, 0.3) is 0 Å². The molecule has 0 aromatic carbocycles. The summed E-state index contributed by atoms with van der Waals surface area (Å²) in [4.78, 5) is 6.63. The van der Waals surface area contributed by atoms with Crippen LogP contribution in [-0.4, -0.2) is 40.3 Å². The molecule has 1 aliphatic rings. The molecule has 0 bridgehead atoms. The number of likely N-dealkylation sites (tertiary alicyclic amines) is 1. The first-order valence-corrected chi connectivity index (χ1v) is 6.69. The maximum Gasteiger partial charge on any atom is 0.191 e. The molecule has 1 aromatic rings. The van der Waals surface area contributed by atoms with Gasteiger partial charge in [-0.15, -0.1) is 0 Å². The second-order valence-corrected chi connectivity index (χ2v) is 5.19. The van der Waals surface area contributed by atoms with Gasteiger partial charge in [-0.3, -0.25) is 9.67 Å². The predicted molar refractivity (Wildman–Crippen MR) is 73.4 cm³/mol. The molecule has 1 fully saturated rings. The molecule has 0 radical (unpaired) electrons. The molecule has 2 rings (SSSR count). The zero-order chi connectivity index (χ0) is 13.0. The topological polar surface area (TPSA) is 59.4 Å². The molecule has 1 aliphatic heterocycles. The summed E-state index contributed by atoms with van der Waals surface area (Å²) in [6.07, 6.45) is 6.32. The van der Waals surface area contributed by atoms with E-state index in [1.54, 1.807) is 0 Å². The molecule has 5 nitrogen and oxygen atoms in total. The van der Waals surface area contributed by atoms with E-state index in [0.29, 0.717) is 12.5 Å². The van der Waals surface area contributed by atoms with E-state index in [4.69, 9.17) is 5.73 Å². The van der Waals surface area contributed by atoms with Crippen molar-refractivity contribution in [3.8, 4) is 0 Å². The van der Waals surface area contributed by atoms with E-state index in [0.717, 1.165) is 25.6 Å². The predicted octanol–water partition coefficient (Wildman–Crippen LogP) is 1.24. The largest absolute Gasteiger partial charge is 0.370 e. The molecule has 5 heteroatoms. The third-order valence-electron chi connectivity index (χ3n) is 3.47. The minimum Gasteiger partial charge on any atom is -0.370 e. The molecule has 0 spiro atoms. The fourth-order valence-electron chi connectivity index (χ4n) is 2.19. The summed E-state index contributed by atoms with van der Waals surface area (Å²) in [7, 11) is 0. The van der Waals surface area contributed by atoms with Gasteiger partial charge < -0.3 is 10.6 Å². The van der Waals surface area contributed by atoms with E-state index in [-0.39, 0.29) is 0 Å². The first-order valence-electron chi connectivity index (χ1n) is 6.69. The number of guanidine groups is 1. The van der Waals surface area contributed by atoms with E-state index in [1.807, 2.05) is 24.0 Å². The maximum atomic E-state index is 6.01. The highest BCUT2D eigenvalue weighted by Gasteiger charge is 2.16. The molecular weight excluding hydrogens is 226 g/mol. The Morgan fingerprint density at radius 3 is 2.83 bits per heavy atom. The van der Waals surface area contributed by atoms with Crippen molar-refractivity contribution in [2.24, 2.45) is 16.6 Å². The van der Waals surface area contributed by atoms with Crippen LogP contribution in [0.5, 0.6) is 0 Å².